The van der Waals surface area contributed by atoms with Crippen molar-refractivity contribution < 1.29 is 9.53 Å². The van der Waals surface area contributed by atoms with Gasteiger partial charge in [-0.05, 0) is 32.1 Å². The van der Waals surface area contributed by atoms with E-state index in [0.717, 1.165) is 6.42 Å². The predicted molar refractivity (Wildman–Crippen MR) is 68.3 cm³/mol. The zero-order valence-electron chi connectivity index (χ0n) is 11.0. The van der Waals surface area contributed by atoms with Crippen LogP contribution in [0.5, 0.6) is 0 Å². The molecule has 2 nitrogen and oxygen atoms in total. The van der Waals surface area contributed by atoms with Gasteiger partial charge >= 0.3 is 5.97 Å². The molecule has 0 fully saturated rings. The Bertz CT molecular complexity index is 197. The number of rotatable bonds is 9. The van der Waals surface area contributed by atoms with Gasteiger partial charge in [-0.25, -0.2) is 0 Å². The van der Waals surface area contributed by atoms with Crippen molar-refractivity contribution in [3.63, 3.8) is 0 Å². The molecule has 0 amide bonds. The van der Waals surface area contributed by atoms with Crippen LogP contribution in [0, 0.1) is 5.92 Å². The molecule has 1 unspecified atom stereocenters. The normalized spacial score (nSPS) is 12.9. The summed E-state index contributed by atoms with van der Waals surface area (Å²) in [6, 6.07) is 0. The molecule has 0 saturated carbocycles. The second kappa shape index (κ2) is 10.7. The minimum absolute atomic E-state index is 0.0891. The molecule has 0 aliphatic heterocycles. The van der Waals surface area contributed by atoms with Crippen LogP contribution in [0.2, 0.25) is 0 Å². The molecule has 0 rings (SSSR count). The van der Waals surface area contributed by atoms with Crippen LogP contribution in [0.1, 0.15) is 59.3 Å². The summed E-state index contributed by atoms with van der Waals surface area (Å²) in [7, 11) is 0. The van der Waals surface area contributed by atoms with Crippen molar-refractivity contribution in [3.05, 3.63) is 12.2 Å². The highest BCUT2D eigenvalue weighted by atomic mass is 16.5. The van der Waals surface area contributed by atoms with Crippen LogP contribution in [0.15, 0.2) is 12.2 Å². The van der Waals surface area contributed by atoms with Crippen LogP contribution in [0.25, 0.3) is 0 Å². The van der Waals surface area contributed by atoms with Crippen molar-refractivity contribution in [1.82, 2.24) is 0 Å². The molecule has 0 spiro atoms. The van der Waals surface area contributed by atoms with E-state index in [4.69, 9.17) is 4.74 Å². The number of esters is 1. The summed E-state index contributed by atoms with van der Waals surface area (Å²) in [5, 5.41) is 0. The first-order chi connectivity index (χ1) is 7.74. The molecule has 0 aromatic carbocycles. The average molecular weight is 226 g/mol. The Hall–Kier alpha value is -0.790. The lowest BCUT2D eigenvalue weighted by Gasteiger charge is -2.08. The van der Waals surface area contributed by atoms with Crippen LogP contribution in [-0.4, -0.2) is 12.6 Å². The summed E-state index contributed by atoms with van der Waals surface area (Å²) >= 11 is 0. The number of hydrogen-bond donors (Lipinski definition) is 0. The van der Waals surface area contributed by atoms with Crippen molar-refractivity contribution >= 4 is 5.97 Å². The highest BCUT2D eigenvalue weighted by Gasteiger charge is 2.01. The molecule has 1 atom stereocenters. The van der Waals surface area contributed by atoms with Gasteiger partial charge in [-0.3, -0.25) is 4.79 Å². The summed E-state index contributed by atoms with van der Waals surface area (Å²) in [5.41, 5.74) is 0. The number of carbonyl (C=O) groups excluding carboxylic acids is 1. The van der Waals surface area contributed by atoms with Gasteiger partial charge in [-0.2, -0.15) is 0 Å². The van der Waals surface area contributed by atoms with E-state index in [9.17, 15) is 4.79 Å². The van der Waals surface area contributed by atoms with Crippen molar-refractivity contribution in [2.24, 2.45) is 5.92 Å². The predicted octanol–water partition coefficient (Wildman–Crippen LogP) is 4.10. The summed E-state index contributed by atoms with van der Waals surface area (Å²) in [6.07, 6.45) is 10.7. The van der Waals surface area contributed by atoms with E-state index in [-0.39, 0.29) is 5.97 Å². The maximum absolute atomic E-state index is 11.1. The fourth-order valence-electron chi connectivity index (χ4n) is 1.63. The largest absolute Gasteiger partial charge is 0.466 e. The van der Waals surface area contributed by atoms with Gasteiger partial charge in [0.2, 0.25) is 0 Å². The van der Waals surface area contributed by atoms with Gasteiger partial charge in [0.15, 0.2) is 0 Å². The Labute approximate surface area is 100 Å². The molecule has 0 heterocycles. The molecule has 0 aromatic heterocycles. The van der Waals surface area contributed by atoms with Crippen LogP contribution < -0.4 is 0 Å². The Morgan fingerprint density at radius 1 is 1.31 bits per heavy atom. The van der Waals surface area contributed by atoms with Gasteiger partial charge in [0.25, 0.3) is 0 Å². The van der Waals surface area contributed by atoms with Gasteiger partial charge < -0.3 is 4.74 Å². The first kappa shape index (κ1) is 15.2. The molecule has 0 aliphatic rings. The first-order valence-corrected chi connectivity index (χ1v) is 6.56. The van der Waals surface area contributed by atoms with Crippen LogP contribution in [0.3, 0.4) is 0 Å². The van der Waals surface area contributed by atoms with E-state index >= 15 is 0 Å². The molecule has 0 radical (unpaired) electrons. The SMILES string of the molecule is CCCCC(C=CCCC(=O)OCC)CC. The summed E-state index contributed by atoms with van der Waals surface area (Å²) in [6.45, 7) is 6.76. The maximum atomic E-state index is 11.1. The minimum atomic E-state index is -0.0891. The van der Waals surface area contributed by atoms with E-state index in [1.165, 1.54) is 25.7 Å². The first-order valence-electron chi connectivity index (χ1n) is 6.56. The van der Waals surface area contributed by atoms with Crippen LogP contribution >= 0.6 is 0 Å². The Morgan fingerprint density at radius 3 is 2.62 bits per heavy atom. The van der Waals surface area contributed by atoms with Gasteiger partial charge in [-0.1, -0.05) is 38.8 Å². The summed E-state index contributed by atoms with van der Waals surface area (Å²) < 4.78 is 4.87. The highest BCUT2D eigenvalue weighted by Crippen LogP contribution is 2.14. The molecular weight excluding hydrogens is 200 g/mol. The number of unbranched alkanes of at least 4 members (excludes halogenated alkanes) is 1. The second-order valence-electron chi connectivity index (χ2n) is 4.08. The third-order valence-corrected chi connectivity index (χ3v) is 2.68. The van der Waals surface area contributed by atoms with Crippen molar-refractivity contribution in [2.45, 2.75) is 59.3 Å². The third-order valence-electron chi connectivity index (χ3n) is 2.68. The van der Waals surface area contributed by atoms with E-state index in [0.29, 0.717) is 18.9 Å². The van der Waals surface area contributed by atoms with Gasteiger partial charge in [0.1, 0.15) is 0 Å². The average Bonchev–Trinajstić information content (AvgIpc) is 2.28. The molecular formula is C14H26O2. The van der Waals surface area contributed by atoms with Crippen molar-refractivity contribution in [2.75, 3.05) is 6.61 Å². The third kappa shape index (κ3) is 8.51. The van der Waals surface area contributed by atoms with E-state index in [1.54, 1.807) is 0 Å². The number of ether oxygens (including phenoxy) is 1. The van der Waals surface area contributed by atoms with Crippen molar-refractivity contribution in [3.8, 4) is 0 Å². The fourth-order valence-corrected chi connectivity index (χ4v) is 1.63. The number of hydrogen-bond acceptors (Lipinski definition) is 2. The smallest absolute Gasteiger partial charge is 0.306 e. The van der Waals surface area contributed by atoms with E-state index in [1.807, 2.05) is 6.92 Å². The van der Waals surface area contributed by atoms with Crippen LogP contribution in [0.4, 0.5) is 0 Å². The van der Waals surface area contributed by atoms with Crippen molar-refractivity contribution in [1.29, 1.82) is 0 Å². The Kier molecular flexibility index (Phi) is 10.2. The van der Waals surface area contributed by atoms with E-state index < -0.39 is 0 Å². The minimum Gasteiger partial charge on any atom is -0.466 e. The topological polar surface area (TPSA) is 26.3 Å². The molecule has 0 saturated heterocycles. The quantitative estimate of drug-likeness (QED) is 0.437. The lowest BCUT2D eigenvalue weighted by Crippen LogP contribution is -2.02. The standard InChI is InChI=1S/C14H26O2/c1-4-7-10-13(5-2)11-8-9-12-14(15)16-6-3/h8,11,13H,4-7,9-10,12H2,1-3H3. The monoisotopic (exact) mass is 226 g/mol. The lowest BCUT2D eigenvalue weighted by molar-refractivity contribution is -0.142. The molecule has 2 heteroatoms. The zero-order chi connectivity index (χ0) is 12.2. The maximum Gasteiger partial charge on any atom is 0.306 e. The zero-order valence-corrected chi connectivity index (χ0v) is 11.0. The Balaban J connectivity index is 3.66. The molecule has 94 valence electrons. The molecule has 0 bridgehead atoms. The van der Waals surface area contributed by atoms with Gasteiger partial charge in [0, 0.05) is 6.42 Å². The number of carbonyl (C=O) groups is 1. The summed E-state index contributed by atoms with van der Waals surface area (Å²) in [4.78, 5) is 11.1. The molecule has 0 aliphatic carbocycles. The highest BCUT2D eigenvalue weighted by molar-refractivity contribution is 5.69. The van der Waals surface area contributed by atoms with Gasteiger partial charge in [0.05, 0.1) is 6.61 Å². The molecule has 16 heavy (non-hydrogen) atoms. The van der Waals surface area contributed by atoms with E-state index in [2.05, 4.69) is 26.0 Å². The molecule has 0 aromatic rings. The lowest BCUT2D eigenvalue weighted by atomic mass is 9.98. The number of allylic oxidation sites excluding steroid dienone is 2. The van der Waals surface area contributed by atoms with Gasteiger partial charge in [-0.15, -0.1) is 0 Å². The second-order valence-corrected chi connectivity index (χ2v) is 4.08. The van der Waals surface area contributed by atoms with Crippen LogP contribution in [-0.2, 0) is 9.53 Å². The Morgan fingerprint density at radius 2 is 2.06 bits per heavy atom. The molecule has 0 N–H and O–H groups in total. The fraction of sp³-hybridized carbons (Fsp3) is 0.786. The summed E-state index contributed by atoms with van der Waals surface area (Å²) in [5.74, 6) is 0.593.